The van der Waals surface area contributed by atoms with Crippen LogP contribution in [-0.2, 0) is 16.6 Å². The molecule has 1 aromatic heterocycles. The van der Waals surface area contributed by atoms with Gasteiger partial charge in [0.1, 0.15) is 10.6 Å². The van der Waals surface area contributed by atoms with Gasteiger partial charge in [-0.05, 0) is 32.4 Å². The first-order valence-electron chi connectivity index (χ1n) is 7.10. The number of nitrogens with zero attached hydrogens (tertiary/aromatic N) is 1. The van der Waals surface area contributed by atoms with Gasteiger partial charge in [0.05, 0.1) is 0 Å². The van der Waals surface area contributed by atoms with Crippen LogP contribution in [0.1, 0.15) is 36.8 Å². The quantitative estimate of drug-likeness (QED) is 0.877. The number of hydrogen-bond donors (Lipinski definition) is 2. The normalized spacial score (nSPS) is 12.3. The van der Waals surface area contributed by atoms with Crippen molar-refractivity contribution in [2.24, 2.45) is 0 Å². The molecule has 6 nitrogen and oxygen atoms in total. The van der Waals surface area contributed by atoms with E-state index >= 15 is 0 Å². The van der Waals surface area contributed by atoms with E-state index in [1.54, 1.807) is 20.8 Å². The van der Waals surface area contributed by atoms with Crippen LogP contribution in [0.5, 0.6) is 0 Å². The number of sulfonamides is 1. The second-order valence-electron chi connectivity index (χ2n) is 6.30. The van der Waals surface area contributed by atoms with Gasteiger partial charge in [0.15, 0.2) is 0 Å². The standard InChI is InChI=1S/C16H20N2O4S/c1-16(2,3)17-23(21,22)13-9-10-18(14(13)15(19)20)11-12-7-5-4-6-8-12/h4-10,17H,11H2,1-3H3,(H,19,20). The first-order chi connectivity index (χ1) is 10.6. The minimum Gasteiger partial charge on any atom is -0.477 e. The minimum atomic E-state index is -3.92. The van der Waals surface area contributed by atoms with Gasteiger partial charge in [-0.3, -0.25) is 0 Å². The molecule has 1 aromatic carbocycles. The lowest BCUT2D eigenvalue weighted by atomic mass is 10.1. The smallest absolute Gasteiger partial charge is 0.353 e. The summed E-state index contributed by atoms with van der Waals surface area (Å²) in [5, 5.41) is 9.46. The number of benzene rings is 1. The van der Waals surface area contributed by atoms with Crippen molar-refractivity contribution >= 4 is 16.0 Å². The Labute approximate surface area is 135 Å². The Balaban J connectivity index is 2.45. The fourth-order valence-electron chi connectivity index (χ4n) is 2.27. The summed E-state index contributed by atoms with van der Waals surface area (Å²) in [6, 6.07) is 10.6. The SMILES string of the molecule is CC(C)(C)NS(=O)(=O)c1ccn(Cc2ccccc2)c1C(=O)O. The van der Waals surface area contributed by atoms with Gasteiger partial charge < -0.3 is 9.67 Å². The number of carboxylic acid groups (broad SMARTS) is 1. The molecule has 0 aliphatic rings. The number of nitrogens with one attached hydrogen (secondary N) is 1. The zero-order valence-corrected chi connectivity index (χ0v) is 14.1. The molecule has 23 heavy (non-hydrogen) atoms. The maximum absolute atomic E-state index is 12.5. The molecular weight excluding hydrogens is 316 g/mol. The highest BCUT2D eigenvalue weighted by molar-refractivity contribution is 7.89. The van der Waals surface area contributed by atoms with Crippen LogP contribution >= 0.6 is 0 Å². The summed E-state index contributed by atoms with van der Waals surface area (Å²) in [5.74, 6) is -1.28. The highest BCUT2D eigenvalue weighted by Gasteiger charge is 2.29. The topological polar surface area (TPSA) is 88.4 Å². The average Bonchev–Trinajstić information content (AvgIpc) is 2.82. The predicted octanol–water partition coefficient (Wildman–Crippen LogP) is 2.31. The summed E-state index contributed by atoms with van der Waals surface area (Å²) >= 11 is 0. The van der Waals surface area contributed by atoms with Crippen LogP contribution < -0.4 is 4.72 Å². The average molecular weight is 336 g/mol. The third kappa shape index (κ3) is 4.20. The van der Waals surface area contributed by atoms with Gasteiger partial charge in [-0.15, -0.1) is 0 Å². The molecular formula is C16H20N2O4S. The molecule has 0 atom stereocenters. The van der Waals surface area contributed by atoms with Crippen molar-refractivity contribution in [3.8, 4) is 0 Å². The Morgan fingerprint density at radius 3 is 2.30 bits per heavy atom. The second-order valence-corrected chi connectivity index (χ2v) is 7.95. The van der Waals surface area contributed by atoms with Crippen LogP contribution in [0.3, 0.4) is 0 Å². The van der Waals surface area contributed by atoms with Gasteiger partial charge in [0, 0.05) is 18.3 Å². The number of hydrogen-bond acceptors (Lipinski definition) is 3. The van der Waals surface area contributed by atoms with Crippen molar-refractivity contribution in [3.05, 3.63) is 53.9 Å². The second kappa shape index (κ2) is 6.17. The number of aromatic carboxylic acids is 1. The Hall–Kier alpha value is -2.12. The Morgan fingerprint density at radius 2 is 1.78 bits per heavy atom. The van der Waals surface area contributed by atoms with Gasteiger partial charge in [-0.2, -0.15) is 0 Å². The first-order valence-corrected chi connectivity index (χ1v) is 8.59. The van der Waals surface area contributed by atoms with E-state index < -0.39 is 21.5 Å². The molecule has 0 aliphatic carbocycles. The minimum absolute atomic E-state index is 0.226. The number of carboxylic acids is 1. The molecule has 0 radical (unpaired) electrons. The van der Waals surface area contributed by atoms with Gasteiger partial charge >= 0.3 is 5.97 Å². The zero-order valence-electron chi connectivity index (χ0n) is 13.3. The molecule has 2 rings (SSSR count). The van der Waals surface area contributed by atoms with E-state index in [2.05, 4.69) is 4.72 Å². The molecule has 0 unspecified atom stereocenters. The fraction of sp³-hybridized carbons (Fsp3) is 0.312. The number of aromatic nitrogens is 1. The summed E-state index contributed by atoms with van der Waals surface area (Å²) in [6.07, 6.45) is 1.48. The lowest BCUT2D eigenvalue weighted by molar-refractivity contribution is 0.0681. The maximum atomic E-state index is 12.5. The summed E-state index contributed by atoms with van der Waals surface area (Å²) in [5.41, 5.74) is -0.0557. The highest BCUT2D eigenvalue weighted by Crippen LogP contribution is 2.20. The summed E-state index contributed by atoms with van der Waals surface area (Å²) in [6.45, 7) is 5.39. The van der Waals surface area contributed by atoms with Gasteiger partial charge in [0.2, 0.25) is 10.0 Å². The van der Waals surface area contributed by atoms with E-state index in [-0.39, 0.29) is 17.1 Å². The van der Waals surface area contributed by atoms with Crippen LogP contribution in [0.4, 0.5) is 0 Å². The lowest BCUT2D eigenvalue weighted by Crippen LogP contribution is -2.40. The van der Waals surface area contributed by atoms with Crippen LogP contribution in [-0.4, -0.2) is 29.6 Å². The summed E-state index contributed by atoms with van der Waals surface area (Å²) < 4.78 is 28.8. The van der Waals surface area contributed by atoms with E-state index in [0.29, 0.717) is 0 Å². The third-order valence-corrected chi connectivity index (χ3v) is 4.84. The molecule has 124 valence electrons. The molecule has 0 aliphatic heterocycles. The van der Waals surface area contributed by atoms with Crippen molar-refractivity contribution < 1.29 is 18.3 Å². The monoisotopic (exact) mass is 336 g/mol. The Kier molecular flexibility index (Phi) is 4.63. The Bertz CT molecular complexity index is 802. The van der Waals surface area contributed by atoms with E-state index in [1.807, 2.05) is 30.3 Å². The first kappa shape index (κ1) is 17.2. The van der Waals surface area contributed by atoms with Gasteiger partial charge in [-0.1, -0.05) is 30.3 Å². The van der Waals surface area contributed by atoms with Crippen molar-refractivity contribution in [2.45, 2.75) is 37.8 Å². The molecule has 7 heteroatoms. The number of rotatable bonds is 5. The zero-order chi connectivity index (χ0) is 17.3. The molecule has 0 bridgehead atoms. The molecule has 0 saturated carbocycles. The van der Waals surface area contributed by atoms with Gasteiger partial charge in [0.25, 0.3) is 0 Å². The van der Waals surface area contributed by atoms with Crippen LogP contribution in [0.15, 0.2) is 47.5 Å². The van der Waals surface area contributed by atoms with E-state index in [4.69, 9.17) is 0 Å². The molecule has 2 N–H and O–H groups in total. The molecule has 0 fully saturated rings. The van der Waals surface area contributed by atoms with Crippen molar-refractivity contribution in [1.29, 1.82) is 0 Å². The van der Waals surface area contributed by atoms with E-state index in [9.17, 15) is 18.3 Å². The fourth-order valence-corrected chi connectivity index (χ4v) is 3.88. The molecule has 0 saturated heterocycles. The molecule has 0 spiro atoms. The summed E-state index contributed by atoms with van der Waals surface area (Å²) in [7, 11) is -3.92. The largest absolute Gasteiger partial charge is 0.477 e. The predicted molar refractivity (Wildman–Crippen MR) is 87.0 cm³/mol. The van der Waals surface area contributed by atoms with Crippen LogP contribution in [0.25, 0.3) is 0 Å². The van der Waals surface area contributed by atoms with Crippen molar-refractivity contribution in [2.75, 3.05) is 0 Å². The summed E-state index contributed by atoms with van der Waals surface area (Å²) in [4.78, 5) is 11.4. The van der Waals surface area contributed by atoms with Crippen LogP contribution in [0.2, 0.25) is 0 Å². The molecule has 0 amide bonds. The van der Waals surface area contributed by atoms with Crippen molar-refractivity contribution in [3.63, 3.8) is 0 Å². The third-order valence-electron chi connectivity index (χ3n) is 3.05. The molecule has 1 heterocycles. The number of carbonyl (C=O) groups is 1. The molecule has 2 aromatic rings. The van der Waals surface area contributed by atoms with Crippen LogP contribution in [0, 0.1) is 0 Å². The van der Waals surface area contributed by atoms with Crippen molar-refractivity contribution in [1.82, 2.24) is 9.29 Å². The lowest BCUT2D eigenvalue weighted by Gasteiger charge is -2.20. The van der Waals surface area contributed by atoms with Gasteiger partial charge in [-0.25, -0.2) is 17.9 Å². The van der Waals surface area contributed by atoms with E-state index in [0.717, 1.165) is 5.56 Å². The highest BCUT2D eigenvalue weighted by atomic mass is 32.2. The Morgan fingerprint density at radius 1 is 1.17 bits per heavy atom. The maximum Gasteiger partial charge on any atom is 0.353 e. The van der Waals surface area contributed by atoms with E-state index in [1.165, 1.54) is 16.8 Å².